The lowest BCUT2D eigenvalue weighted by atomic mass is 10.2. The Morgan fingerprint density at radius 2 is 2.19 bits per heavy atom. The first-order valence-electron chi connectivity index (χ1n) is 5.37. The van der Waals surface area contributed by atoms with Crippen molar-refractivity contribution >= 4 is 9.84 Å². The molecule has 1 aliphatic rings. The highest BCUT2D eigenvalue weighted by atomic mass is 32.2. The lowest BCUT2D eigenvalue weighted by Gasteiger charge is -2.18. The maximum Gasteiger partial charge on any atom is 0.234 e. The molecule has 0 aromatic carbocycles. The van der Waals surface area contributed by atoms with Crippen molar-refractivity contribution in [3.63, 3.8) is 0 Å². The Morgan fingerprint density at radius 1 is 1.38 bits per heavy atom. The minimum Gasteiger partial charge on any atom is -0.424 e. The van der Waals surface area contributed by atoms with E-state index in [9.17, 15) is 8.42 Å². The van der Waals surface area contributed by atoms with Crippen molar-refractivity contribution in [3.05, 3.63) is 11.8 Å². The van der Waals surface area contributed by atoms with Crippen LogP contribution >= 0.6 is 0 Å². The smallest absolute Gasteiger partial charge is 0.234 e. The zero-order chi connectivity index (χ0) is 11.6. The normalized spacial score (nSPS) is 24.4. The fraction of sp³-hybridized carbons (Fsp3) is 0.778. The molecule has 0 radical (unpaired) electrons. The van der Waals surface area contributed by atoms with Gasteiger partial charge in [0, 0.05) is 13.0 Å². The molecule has 7 heteroatoms. The van der Waals surface area contributed by atoms with Crippen molar-refractivity contribution < 1.29 is 12.8 Å². The Labute approximate surface area is 94.1 Å². The fourth-order valence-corrected chi connectivity index (χ4v) is 3.67. The Morgan fingerprint density at radius 3 is 2.88 bits per heavy atom. The number of nitrogens with zero attached hydrogens (tertiary/aromatic N) is 2. The number of hydrogen-bond acceptors (Lipinski definition) is 6. The molecule has 2 heterocycles. The molecule has 90 valence electrons. The van der Waals surface area contributed by atoms with E-state index in [0.29, 0.717) is 25.3 Å². The topological polar surface area (TPSA) is 99.1 Å². The summed E-state index contributed by atoms with van der Waals surface area (Å²) in [5, 5.41) is 6.98. The van der Waals surface area contributed by atoms with Gasteiger partial charge in [-0.25, -0.2) is 8.42 Å². The van der Waals surface area contributed by atoms with Gasteiger partial charge in [-0.2, -0.15) is 0 Å². The first-order chi connectivity index (χ1) is 7.63. The van der Waals surface area contributed by atoms with Crippen molar-refractivity contribution in [1.29, 1.82) is 0 Å². The van der Waals surface area contributed by atoms with Gasteiger partial charge in [-0.15, -0.1) is 10.2 Å². The Kier molecular flexibility index (Phi) is 3.25. The van der Waals surface area contributed by atoms with E-state index >= 15 is 0 Å². The van der Waals surface area contributed by atoms with Gasteiger partial charge >= 0.3 is 0 Å². The quantitative estimate of drug-likeness (QED) is 0.817. The lowest BCUT2D eigenvalue weighted by Crippen LogP contribution is -2.21. The van der Waals surface area contributed by atoms with Gasteiger partial charge in [0.05, 0.1) is 5.75 Å². The van der Waals surface area contributed by atoms with E-state index in [0.717, 1.165) is 12.8 Å². The van der Waals surface area contributed by atoms with Gasteiger partial charge < -0.3 is 10.2 Å². The van der Waals surface area contributed by atoms with Crippen molar-refractivity contribution in [3.8, 4) is 0 Å². The molecule has 1 aliphatic heterocycles. The molecule has 1 atom stereocenters. The van der Waals surface area contributed by atoms with E-state index in [1.54, 1.807) is 0 Å². The minimum absolute atomic E-state index is 0.215. The van der Waals surface area contributed by atoms with Gasteiger partial charge in [-0.1, -0.05) is 6.42 Å². The molecule has 0 amide bonds. The summed E-state index contributed by atoms with van der Waals surface area (Å²) in [7, 11) is -3.11. The monoisotopic (exact) mass is 245 g/mol. The summed E-state index contributed by atoms with van der Waals surface area (Å²) < 4.78 is 28.9. The van der Waals surface area contributed by atoms with Crippen LogP contribution in [0.4, 0.5) is 0 Å². The summed E-state index contributed by atoms with van der Waals surface area (Å²) in [5.41, 5.74) is 5.36. The maximum absolute atomic E-state index is 11.8. The molecule has 1 saturated heterocycles. The predicted molar refractivity (Wildman–Crippen MR) is 57.4 cm³/mol. The van der Waals surface area contributed by atoms with Crippen LogP contribution in [0.15, 0.2) is 4.42 Å². The van der Waals surface area contributed by atoms with E-state index in [1.165, 1.54) is 0 Å². The largest absolute Gasteiger partial charge is 0.424 e. The summed E-state index contributed by atoms with van der Waals surface area (Å²) in [6, 6.07) is 0. The maximum atomic E-state index is 11.8. The van der Waals surface area contributed by atoms with E-state index in [2.05, 4.69) is 10.2 Å². The average molecular weight is 245 g/mol. The first-order valence-corrected chi connectivity index (χ1v) is 7.09. The van der Waals surface area contributed by atoms with Crippen LogP contribution in [0.1, 0.15) is 36.3 Å². The molecule has 6 nitrogen and oxygen atoms in total. The number of rotatable bonds is 3. The van der Waals surface area contributed by atoms with E-state index in [4.69, 9.17) is 10.2 Å². The molecule has 1 aromatic heterocycles. The fourth-order valence-electron chi connectivity index (χ4n) is 1.85. The molecule has 2 rings (SSSR count). The van der Waals surface area contributed by atoms with Gasteiger partial charge in [0.1, 0.15) is 5.25 Å². The summed E-state index contributed by atoms with van der Waals surface area (Å²) in [6.07, 6.45) is 2.67. The van der Waals surface area contributed by atoms with E-state index < -0.39 is 15.1 Å². The van der Waals surface area contributed by atoms with Crippen LogP contribution < -0.4 is 5.73 Å². The van der Waals surface area contributed by atoms with Crippen LogP contribution in [0.2, 0.25) is 0 Å². The van der Waals surface area contributed by atoms with Crippen LogP contribution in [0, 0.1) is 0 Å². The van der Waals surface area contributed by atoms with Crippen molar-refractivity contribution in [2.24, 2.45) is 5.73 Å². The second-order valence-electron chi connectivity index (χ2n) is 3.92. The van der Waals surface area contributed by atoms with Gasteiger partial charge in [0.2, 0.25) is 11.8 Å². The molecular weight excluding hydrogens is 230 g/mol. The number of nitrogens with two attached hydrogens (primary N) is 1. The highest BCUT2D eigenvalue weighted by Crippen LogP contribution is 2.32. The predicted octanol–water partition coefficient (Wildman–Crippen LogP) is 0.211. The van der Waals surface area contributed by atoms with Crippen LogP contribution in [0.5, 0.6) is 0 Å². The Bertz CT molecular complexity index is 454. The van der Waals surface area contributed by atoms with E-state index in [1.807, 2.05) is 0 Å². The van der Waals surface area contributed by atoms with Crippen molar-refractivity contribution in [2.45, 2.75) is 30.9 Å². The van der Waals surface area contributed by atoms with Crippen LogP contribution in [-0.4, -0.2) is 30.9 Å². The third-order valence-corrected chi connectivity index (χ3v) is 4.86. The minimum atomic E-state index is -3.11. The van der Waals surface area contributed by atoms with Gasteiger partial charge in [-0.05, 0) is 12.8 Å². The number of sulfone groups is 1. The standard InChI is InChI=1S/C9H15N3O3S/c10-5-4-8-11-12-9(15-8)7-3-1-2-6-16(7,13)14/h7H,1-6,10H2. The highest BCUT2D eigenvalue weighted by molar-refractivity contribution is 7.91. The summed E-state index contributed by atoms with van der Waals surface area (Å²) in [4.78, 5) is 0. The molecule has 0 saturated carbocycles. The van der Waals surface area contributed by atoms with Crippen LogP contribution in [-0.2, 0) is 16.3 Å². The number of hydrogen-bond donors (Lipinski definition) is 1. The second-order valence-corrected chi connectivity index (χ2v) is 6.23. The molecule has 2 N–H and O–H groups in total. The molecule has 1 unspecified atom stereocenters. The third-order valence-electron chi connectivity index (χ3n) is 2.69. The zero-order valence-electron chi connectivity index (χ0n) is 8.92. The molecule has 1 aromatic rings. The lowest BCUT2D eigenvalue weighted by molar-refractivity contribution is 0.424. The molecule has 0 spiro atoms. The molecule has 0 aliphatic carbocycles. The third kappa shape index (κ3) is 2.25. The van der Waals surface area contributed by atoms with Crippen LogP contribution in [0.3, 0.4) is 0 Å². The highest BCUT2D eigenvalue weighted by Gasteiger charge is 2.34. The van der Waals surface area contributed by atoms with Crippen molar-refractivity contribution in [1.82, 2.24) is 10.2 Å². The van der Waals surface area contributed by atoms with Gasteiger partial charge in [-0.3, -0.25) is 0 Å². The zero-order valence-corrected chi connectivity index (χ0v) is 9.74. The Hall–Kier alpha value is -0.950. The SMILES string of the molecule is NCCc1nnc(C2CCCCS2(=O)=O)o1. The molecule has 1 fully saturated rings. The van der Waals surface area contributed by atoms with Gasteiger partial charge in [0.25, 0.3) is 0 Å². The summed E-state index contributed by atoms with van der Waals surface area (Å²) >= 11 is 0. The summed E-state index contributed by atoms with van der Waals surface area (Å²) in [6.45, 7) is 0.416. The average Bonchev–Trinajstić information content (AvgIpc) is 2.66. The van der Waals surface area contributed by atoms with Gasteiger partial charge in [0.15, 0.2) is 9.84 Å². The molecule has 0 bridgehead atoms. The first kappa shape index (κ1) is 11.5. The van der Waals surface area contributed by atoms with E-state index in [-0.39, 0.29) is 11.6 Å². The Balaban J connectivity index is 2.22. The summed E-state index contributed by atoms with van der Waals surface area (Å²) in [5.74, 6) is 0.855. The molecule has 16 heavy (non-hydrogen) atoms. The number of aromatic nitrogens is 2. The van der Waals surface area contributed by atoms with Crippen LogP contribution in [0.25, 0.3) is 0 Å². The van der Waals surface area contributed by atoms with Crippen molar-refractivity contribution in [2.75, 3.05) is 12.3 Å². The molecular formula is C9H15N3O3S. The second kappa shape index (κ2) is 4.50.